The van der Waals surface area contributed by atoms with E-state index in [-0.39, 0.29) is 83.8 Å². The summed E-state index contributed by atoms with van der Waals surface area (Å²) in [5.74, 6) is -11.6. The summed E-state index contributed by atoms with van der Waals surface area (Å²) >= 11 is 0. The molecule has 0 aromatic heterocycles. The molecule has 0 saturated carbocycles. The van der Waals surface area contributed by atoms with Crippen molar-refractivity contribution in [3.05, 3.63) is 0 Å². The maximum Gasteiger partial charge on any atom is 1.00 e. The first kappa shape index (κ1) is 31.1. The van der Waals surface area contributed by atoms with Gasteiger partial charge in [-0.1, -0.05) is 0 Å². The van der Waals surface area contributed by atoms with Crippen LogP contribution in [-0.4, -0.2) is 77.7 Å². The fourth-order valence-electron chi connectivity index (χ4n) is 1.77. The second kappa shape index (κ2) is 12.8. The number of esters is 1. The summed E-state index contributed by atoms with van der Waals surface area (Å²) in [5, 5.41) is 53.5. The van der Waals surface area contributed by atoms with Gasteiger partial charge in [0.25, 0.3) is 0 Å². The summed E-state index contributed by atoms with van der Waals surface area (Å²) in [6.45, 7) is 0. The summed E-state index contributed by atoms with van der Waals surface area (Å²) in [6.07, 6.45) is -5.94. The summed E-state index contributed by atoms with van der Waals surface area (Å²) in [4.78, 5) is 66.0. The third-order valence-electron chi connectivity index (χ3n) is 2.85. The van der Waals surface area contributed by atoms with E-state index in [1.54, 1.807) is 0 Å². The number of ether oxygens (including phenoxy) is 1. The van der Waals surface area contributed by atoms with Crippen LogP contribution in [-0.2, 0) is 33.5 Å². The van der Waals surface area contributed by atoms with Gasteiger partial charge in [-0.15, -0.1) is 0 Å². The zero-order valence-corrected chi connectivity index (χ0v) is 19.5. The average molecular weight is 430 g/mol. The number of carboxylic acids is 5. The first-order valence-electron chi connectivity index (χ1n) is 6.30. The van der Waals surface area contributed by atoms with Crippen molar-refractivity contribution in [2.45, 2.75) is 36.9 Å². The van der Waals surface area contributed by atoms with Crippen LogP contribution >= 0.6 is 0 Å². The van der Waals surface area contributed by atoms with Gasteiger partial charge in [0.2, 0.25) is 5.60 Å². The standard InChI is InChI=1S/C12H14O13.K.Na.2H/c13-5(14)1-11(24,9(20)21)4-8(19)25-12(10(22)23,2-6(15)16)3-7(17)18;;;;/h24H,1-4H2,(H,13,14)(H,15,16)(H,17,18)(H,20,21)(H,22,23);;;;/q;2*+1;2*-1. The van der Waals surface area contributed by atoms with Crippen molar-refractivity contribution in [2.24, 2.45) is 0 Å². The van der Waals surface area contributed by atoms with Gasteiger partial charge >= 0.3 is 117 Å². The molecule has 0 aliphatic carbocycles. The molecule has 0 amide bonds. The predicted molar refractivity (Wildman–Crippen MR) is 72.6 cm³/mol. The van der Waals surface area contributed by atoms with Crippen molar-refractivity contribution in [1.82, 2.24) is 0 Å². The average Bonchev–Trinajstić information content (AvgIpc) is 2.34. The predicted octanol–water partition coefficient (Wildman–Crippen LogP) is -7.78. The number of rotatable bonds is 11. The first-order chi connectivity index (χ1) is 11.2. The molecule has 0 aromatic rings. The Balaban J connectivity index is -0.000000480. The Hall–Kier alpha value is -0.584. The molecule has 1 unspecified atom stereocenters. The topological polar surface area (TPSA) is 233 Å². The second-order valence-corrected chi connectivity index (χ2v) is 5.00. The molecule has 0 rings (SSSR count). The zero-order valence-electron chi connectivity index (χ0n) is 16.4. The Kier molecular flexibility index (Phi) is 14.7. The molecule has 0 heterocycles. The molecule has 0 radical (unpaired) electrons. The van der Waals surface area contributed by atoms with Crippen LogP contribution in [0.3, 0.4) is 0 Å². The maximum atomic E-state index is 11.7. The van der Waals surface area contributed by atoms with Gasteiger partial charge in [0.05, 0.1) is 25.7 Å². The third kappa shape index (κ3) is 10.5. The second-order valence-electron chi connectivity index (χ2n) is 5.00. The van der Waals surface area contributed by atoms with Gasteiger partial charge in [-0.2, -0.15) is 0 Å². The number of carboxylic acid groups (broad SMARTS) is 5. The van der Waals surface area contributed by atoms with E-state index < -0.39 is 72.7 Å². The molecule has 1 atom stereocenters. The Bertz CT molecular complexity index is 613. The Morgan fingerprint density at radius 2 is 1.07 bits per heavy atom. The van der Waals surface area contributed by atoms with Gasteiger partial charge in [0.1, 0.15) is 0 Å². The largest absolute Gasteiger partial charge is 1.00 e. The SMILES string of the molecule is O=C(O)CC(O)(CC(=O)OC(CC(=O)O)(CC(=O)O)C(=O)O)C(=O)O.[H-].[H-].[K+].[Na+]. The number of hydrogen-bond acceptors (Lipinski definition) is 8. The van der Waals surface area contributed by atoms with E-state index in [2.05, 4.69) is 4.74 Å². The number of carbonyl (C=O) groups is 6. The zero-order chi connectivity index (χ0) is 20.0. The van der Waals surface area contributed by atoms with E-state index in [4.69, 9.17) is 25.5 Å². The summed E-state index contributed by atoms with van der Waals surface area (Å²) in [6, 6.07) is 0. The van der Waals surface area contributed by atoms with Gasteiger partial charge in [0, 0.05) is 0 Å². The Morgan fingerprint density at radius 3 is 1.33 bits per heavy atom. The molecule has 0 aliphatic rings. The van der Waals surface area contributed by atoms with Crippen molar-refractivity contribution < 1.29 is 148 Å². The van der Waals surface area contributed by atoms with Crippen molar-refractivity contribution in [3.8, 4) is 0 Å². The smallest absolute Gasteiger partial charge is 1.00 e. The van der Waals surface area contributed by atoms with Crippen LogP contribution in [0.4, 0.5) is 0 Å². The van der Waals surface area contributed by atoms with Gasteiger partial charge in [-0.3, -0.25) is 19.2 Å². The normalized spacial score (nSPS) is 12.3. The van der Waals surface area contributed by atoms with Crippen molar-refractivity contribution in [1.29, 1.82) is 0 Å². The first-order valence-corrected chi connectivity index (χ1v) is 6.30. The van der Waals surface area contributed by atoms with E-state index >= 15 is 0 Å². The van der Waals surface area contributed by atoms with Crippen molar-refractivity contribution >= 4 is 35.8 Å². The summed E-state index contributed by atoms with van der Waals surface area (Å²) in [7, 11) is 0. The fourth-order valence-corrected chi connectivity index (χ4v) is 1.77. The molecule has 27 heavy (non-hydrogen) atoms. The minimum atomic E-state index is -3.17. The minimum absolute atomic E-state index is 0. The van der Waals surface area contributed by atoms with Gasteiger partial charge in [-0.25, -0.2) is 9.59 Å². The molecule has 13 nitrogen and oxygen atoms in total. The fraction of sp³-hybridized carbons (Fsp3) is 0.500. The van der Waals surface area contributed by atoms with Crippen molar-refractivity contribution in [2.75, 3.05) is 0 Å². The minimum Gasteiger partial charge on any atom is -1.00 e. The number of aliphatic hydroxyl groups is 1. The molecule has 0 fully saturated rings. The van der Waals surface area contributed by atoms with E-state index in [0.29, 0.717) is 0 Å². The van der Waals surface area contributed by atoms with Crippen LogP contribution < -0.4 is 80.9 Å². The third-order valence-corrected chi connectivity index (χ3v) is 2.85. The van der Waals surface area contributed by atoms with Gasteiger partial charge < -0.3 is 38.2 Å². The summed E-state index contributed by atoms with van der Waals surface area (Å²) in [5.41, 5.74) is -6.24. The molecule has 0 bridgehead atoms. The van der Waals surface area contributed by atoms with E-state index in [1.165, 1.54) is 0 Å². The Labute approximate surface area is 218 Å². The van der Waals surface area contributed by atoms with Crippen molar-refractivity contribution in [3.63, 3.8) is 0 Å². The molecule has 0 saturated heterocycles. The molecule has 15 heteroatoms. The van der Waals surface area contributed by atoms with E-state index in [1.807, 2.05) is 0 Å². The maximum absolute atomic E-state index is 11.7. The molecule has 6 N–H and O–H groups in total. The molecule has 144 valence electrons. The molecule has 0 spiro atoms. The molecule has 0 aromatic carbocycles. The molecular weight excluding hydrogens is 414 g/mol. The van der Waals surface area contributed by atoms with Crippen LogP contribution in [0.25, 0.3) is 0 Å². The van der Waals surface area contributed by atoms with Crippen LogP contribution in [0.5, 0.6) is 0 Å². The number of hydrogen-bond donors (Lipinski definition) is 6. The number of aliphatic carboxylic acids is 5. The monoisotopic (exact) mass is 430 g/mol. The molecule has 0 aliphatic heterocycles. The Morgan fingerprint density at radius 1 is 0.704 bits per heavy atom. The van der Waals surface area contributed by atoms with Gasteiger partial charge in [-0.05, 0) is 0 Å². The van der Waals surface area contributed by atoms with E-state index in [0.717, 1.165) is 0 Å². The summed E-state index contributed by atoms with van der Waals surface area (Å²) < 4.78 is 4.33. The quantitative estimate of drug-likeness (QED) is 0.132. The van der Waals surface area contributed by atoms with Crippen LogP contribution in [0.15, 0.2) is 0 Å². The van der Waals surface area contributed by atoms with Crippen LogP contribution in [0, 0.1) is 0 Å². The van der Waals surface area contributed by atoms with E-state index in [9.17, 15) is 33.9 Å². The van der Waals surface area contributed by atoms with Gasteiger partial charge in [0.15, 0.2) is 5.60 Å². The van der Waals surface area contributed by atoms with Crippen LogP contribution in [0.2, 0.25) is 0 Å². The number of carbonyl (C=O) groups excluding carboxylic acids is 1. The van der Waals surface area contributed by atoms with Crippen LogP contribution in [0.1, 0.15) is 28.5 Å². The molecular formula is C12H16KNaO13.